The van der Waals surface area contributed by atoms with Gasteiger partial charge in [-0.3, -0.25) is 14.6 Å². The van der Waals surface area contributed by atoms with Gasteiger partial charge in [0.15, 0.2) is 0 Å². The Bertz CT molecular complexity index is 560. The Balaban J connectivity index is 2.93. The number of amides is 1. The lowest BCUT2D eigenvalue weighted by molar-refractivity contribution is -0.162. The zero-order valence-electron chi connectivity index (χ0n) is 10.8. The summed E-state index contributed by atoms with van der Waals surface area (Å²) in [6.07, 6.45) is -0.0910. The Labute approximate surface area is 116 Å². The van der Waals surface area contributed by atoms with Gasteiger partial charge in [-0.2, -0.15) is 5.26 Å². The first-order valence-electron chi connectivity index (χ1n) is 5.78. The molecule has 0 heterocycles. The van der Waals surface area contributed by atoms with Crippen LogP contribution in [0, 0.1) is 11.3 Å². The van der Waals surface area contributed by atoms with Gasteiger partial charge in [0, 0.05) is 13.5 Å². The fourth-order valence-corrected chi connectivity index (χ4v) is 2.72. The number of hydrogen-bond donors (Lipinski definition) is 3. The molecule has 1 aromatic rings. The molecule has 1 aromatic carbocycles. The van der Waals surface area contributed by atoms with Crippen LogP contribution in [0.5, 0.6) is 0 Å². The van der Waals surface area contributed by atoms with Crippen LogP contribution >= 0.6 is 7.60 Å². The lowest BCUT2D eigenvalue weighted by atomic mass is 10.1. The molecule has 0 saturated carbocycles. The minimum atomic E-state index is -4.44. The van der Waals surface area contributed by atoms with Crippen LogP contribution in [0.1, 0.15) is 30.1 Å². The molecule has 0 radical (unpaired) electrons. The van der Waals surface area contributed by atoms with Gasteiger partial charge in [-0.15, -0.1) is 0 Å². The molecule has 1 amide bonds. The first kappa shape index (κ1) is 16.3. The van der Waals surface area contributed by atoms with E-state index in [0.29, 0.717) is 16.2 Å². The fraction of sp³-hybridized carbons (Fsp3) is 0.333. The number of benzene rings is 1. The van der Waals surface area contributed by atoms with Crippen LogP contribution in [0.3, 0.4) is 0 Å². The van der Waals surface area contributed by atoms with Gasteiger partial charge in [-0.1, -0.05) is 12.1 Å². The Hall–Kier alpha value is -1.71. The van der Waals surface area contributed by atoms with Crippen LogP contribution in [0.15, 0.2) is 24.3 Å². The topological polar surface area (TPSA) is 122 Å². The number of carbonyl (C=O) groups excluding carboxylic acids is 1. The number of hydrogen-bond acceptors (Lipinski definition) is 4. The summed E-state index contributed by atoms with van der Waals surface area (Å²) in [6.45, 7) is 0.958. The van der Waals surface area contributed by atoms with Crippen LogP contribution in [-0.4, -0.2) is 32.5 Å². The van der Waals surface area contributed by atoms with Crippen LogP contribution in [0.2, 0.25) is 0 Å². The first-order valence-corrected chi connectivity index (χ1v) is 7.46. The first-order chi connectivity index (χ1) is 9.25. The van der Waals surface area contributed by atoms with Gasteiger partial charge >= 0.3 is 7.60 Å². The molecule has 8 heteroatoms. The average Bonchev–Trinajstić information content (AvgIpc) is 2.37. The number of nitriles is 1. The maximum atomic E-state index is 11.5. The van der Waals surface area contributed by atoms with E-state index in [1.165, 1.54) is 24.3 Å². The minimum Gasteiger partial charge on any atom is -0.324 e. The highest BCUT2D eigenvalue weighted by Crippen LogP contribution is 2.53. The Kier molecular flexibility index (Phi) is 5.43. The van der Waals surface area contributed by atoms with Crippen LogP contribution < -0.4 is 0 Å². The summed E-state index contributed by atoms with van der Waals surface area (Å²) in [5.74, 6) is -0.603. The Morgan fingerprint density at radius 2 is 1.95 bits per heavy atom. The smallest absolute Gasteiger partial charge is 0.324 e. The van der Waals surface area contributed by atoms with E-state index in [4.69, 9.17) is 5.26 Å². The van der Waals surface area contributed by atoms with Gasteiger partial charge in [-0.05, 0) is 24.1 Å². The molecule has 0 aliphatic carbocycles. The summed E-state index contributed by atoms with van der Waals surface area (Å²) in [5, 5.41) is 18.4. The standard InChI is InChI=1S/C12H15N2O5P/c1-9(15)14(16)7-6-12(20(17,18)19)11-4-2-10(8-13)3-5-11/h2-5,12,16H,6-7H2,1H3,(H2,17,18,19). The molecule has 0 aromatic heterocycles. The summed E-state index contributed by atoms with van der Waals surface area (Å²) in [6, 6.07) is 7.74. The average molecular weight is 298 g/mol. The third kappa shape index (κ3) is 4.44. The second-order valence-corrected chi connectivity index (χ2v) is 6.07. The predicted octanol–water partition coefficient (Wildman–Crippen LogP) is 1.40. The highest BCUT2D eigenvalue weighted by atomic mass is 31.2. The quantitative estimate of drug-likeness (QED) is 0.429. The molecule has 0 fully saturated rings. The van der Waals surface area contributed by atoms with E-state index in [0.717, 1.165) is 6.92 Å². The van der Waals surface area contributed by atoms with Crippen molar-refractivity contribution in [2.24, 2.45) is 0 Å². The van der Waals surface area contributed by atoms with E-state index in [1.54, 1.807) is 0 Å². The van der Waals surface area contributed by atoms with Crippen molar-refractivity contribution in [2.45, 2.75) is 19.0 Å². The SMILES string of the molecule is CC(=O)N(O)CCC(c1ccc(C#N)cc1)P(=O)(O)O. The number of carbonyl (C=O) groups is 1. The molecule has 0 saturated heterocycles. The second kappa shape index (κ2) is 6.64. The summed E-state index contributed by atoms with van der Waals surface area (Å²) in [7, 11) is -4.44. The zero-order valence-corrected chi connectivity index (χ0v) is 11.7. The molecular formula is C12H15N2O5P. The van der Waals surface area contributed by atoms with Crippen molar-refractivity contribution in [3.8, 4) is 6.07 Å². The fourth-order valence-electron chi connectivity index (χ4n) is 1.71. The van der Waals surface area contributed by atoms with E-state index in [-0.39, 0.29) is 13.0 Å². The van der Waals surface area contributed by atoms with Crippen molar-refractivity contribution < 1.29 is 24.4 Å². The van der Waals surface area contributed by atoms with Gasteiger partial charge in [0.2, 0.25) is 5.91 Å². The molecule has 1 atom stereocenters. The lowest BCUT2D eigenvalue weighted by Crippen LogP contribution is -2.26. The third-order valence-electron chi connectivity index (χ3n) is 2.81. The van der Waals surface area contributed by atoms with Crippen molar-refractivity contribution in [3.63, 3.8) is 0 Å². The minimum absolute atomic E-state index is 0.0910. The van der Waals surface area contributed by atoms with Crippen LogP contribution in [0.25, 0.3) is 0 Å². The van der Waals surface area contributed by atoms with Crippen molar-refractivity contribution in [3.05, 3.63) is 35.4 Å². The van der Waals surface area contributed by atoms with Crippen molar-refractivity contribution in [1.29, 1.82) is 5.26 Å². The largest absolute Gasteiger partial charge is 0.333 e. The molecule has 3 N–H and O–H groups in total. The van der Waals surface area contributed by atoms with E-state index in [2.05, 4.69) is 0 Å². The Morgan fingerprint density at radius 1 is 1.40 bits per heavy atom. The van der Waals surface area contributed by atoms with E-state index >= 15 is 0 Å². The molecule has 0 aliphatic rings. The van der Waals surface area contributed by atoms with Gasteiger partial charge in [0.25, 0.3) is 0 Å². The van der Waals surface area contributed by atoms with Gasteiger partial charge in [-0.25, -0.2) is 5.06 Å². The van der Waals surface area contributed by atoms with Gasteiger partial charge in [0.05, 0.1) is 17.3 Å². The normalized spacial score (nSPS) is 12.6. The second-order valence-electron chi connectivity index (χ2n) is 4.27. The third-order valence-corrected chi connectivity index (χ3v) is 4.18. The molecule has 1 unspecified atom stereocenters. The summed E-state index contributed by atoms with van der Waals surface area (Å²) < 4.78 is 11.5. The van der Waals surface area contributed by atoms with Crippen molar-refractivity contribution in [1.82, 2.24) is 5.06 Å². The number of hydroxylamine groups is 2. The molecule has 7 nitrogen and oxygen atoms in total. The molecule has 1 rings (SSSR count). The zero-order chi connectivity index (χ0) is 15.3. The van der Waals surface area contributed by atoms with Gasteiger partial charge < -0.3 is 9.79 Å². The highest BCUT2D eigenvalue weighted by molar-refractivity contribution is 7.52. The molecule has 0 aliphatic heterocycles. The molecule has 108 valence electrons. The van der Waals surface area contributed by atoms with Crippen molar-refractivity contribution >= 4 is 13.5 Å². The Morgan fingerprint density at radius 3 is 2.35 bits per heavy atom. The molecular weight excluding hydrogens is 283 g/mol. The highest BCUT2D eigenvalue weighted by Gasteiger charge is 2.30. The van der Waals surface area contributed by atoms with Crippen LogP contribution in [-0.2, 0) is 9.36 Å². The number of rotatable bonds is 5. The summed E-state index contributed by atoms with van der Waals surface area (Å²) in [4.78, 5) is 29.6. The van der Waals surface area contributed by atoms with E-state index < -0.39 is 19.2 Å². The van der Waals surface area contributed by atoms with Crippen LogP contribution in [0.4, 0.5) is 0 Å². The summed E-state index contributed by atoms with van der Waals surface area (Å²) >= 11 is 0. The van der Waals surface area contributed by atoms with E-state index in [9.17, 15) is 24.4 Å². The lowest BCUT2D eigenvalue weighted by Gasteiger charge is -2.21. The predicted molar refractivity (Wildman–Crippen MR) is 69.7 cm³/mol. The van der Waals surface area contributed by atoms with Gasteiger partial charge in [0.1, 0.15) is 0 Å². The molecule has 0 spiro atoms. The molecule has 0 bridgehead atoms. The van der Waals surface area contributed by atoms with E-state index in [1.807, 2.05) is 6.07 Å². The maximum absolute atomic E-state index is 11.5. The monoisotopic (exact) mass is 298 g/mol. The summed E-state index contributed by atoms with van der Waals surface area (Å²) in [5.41, 5.74) is -0.399. The maximum Gasteiger partial charge on any atom is 0.333 e. The number of nitrogens with zero attached hydrogens (tertiary/aromatic N) is 2. The van der Waals surface area contributed by atoms with Crippen molar-refractivity contribution in [2.75, 3.05) is 6.54 Å². The molecule has 20 heavy (non-hydrogen) atoms.